The number of nitrogens with one attached hydrogen (secondary N) is 1. The highest BCUT2D eigenvalue weighted by Gasteiger charge is 2.40. The topological polar surface area (TPSA) is 73.0 Å². The lowest BCUT2D eigenvalue weighted by molar-refractivity contribution is -0.136. The molecule has 2 aromatic carbocycles. The monoisotopic (exact) mass is 492 g/mol. The molecule has 1 unspecified atom stereocenters. The van der Waals surface area contributed by atoms with E-state index in [1.807, 2.05) is 12.1 Å². The molecule has 3 heterocycles. The summed E-state index contributed by atoms with van der Waals surface area (Å²) >= 11 is 0. The number of carbonyl (C=O) groups is 3. The summed E-state index contributed by atoms with van der Waals surface area (Å²) < 4.78 is 15.1. The average molecular weight is 493 g/mol. The Kier molecular flexibility index (Phi) is 7.16. The first-order valence-electron chi connectivity index (χ1n) is 12.8. The molecule has 1 atom stereocenters. The molecule has 1 N–H and O–H groups in total. The van der Waals surface area contributed by atoms with Gasteiger partial charge in [-0.3, -0.25) is 19.7 Å². The molecule has 0 spiro atoms. The Morgan fingerprint density at radius 2 is 1.81 bits per heavy atom. The summed E-state index contributed by atoms with van der Waals surface area (Å²) in [5, 5.41) is 2.31. The van der Waals surface area contributed by atoms with E-state index in [0.29, 0.717) is 17.5 Å². The van der Waals surface area contributed by atoms with Crippen LogP contribution in [0.3, 0.4) is 0 Å². The summed E-state index contributed by atoms with van der Waals surface area (Å²) in [5.41, 5.74) is 3.08. The van der Waals surface area contributed by atoms with Crippen molar-refractivity contribution in [2.75, 3.05) is 33.2 Å². The normalized spacial score (nSPS) is 21.2. The molecule has 0 aliphatic carbocycles. The van der Waals surface area contributed by atoms with Gasteiger partial charge in [-0.25, -0.2) is 4.39 Å². The first-order valence-corrected chi connectivity index (χ1v) is 12.8. The van der Waals surface area contributed by atoms with Crippen LogP contribution in [0.15, 0.2) is 42.5 Å². The third-order valence-electron chi connectivity index (χ3n) is 7.76. The average Bonchev–Trinajstić information content (AvgIpc) is 3.18. The second-order valence-electron chi connectivity index (χ2n) is 10.3. The van der Waals surface area contributed by atoms with Crippen LogP contribution in [-0.2, 0) is 22.7 Å². The fourth-order valence-electron chi connectivity index (χ4n) is 5.68. The van der Waals surface area contributed by atoms with E-state index in [1.165, 1.54) is 16.5 Å². The van der Waals surface area contributed by atoms with Gasteiger partial charge in [-0.05, 0) is 68.1 Å². The molecule has 2 saturated heterocycles. The lowest BCUT2D eigenvalue weighted by atomic mass is 9.87. The van der Waals surface area contributed by atoms with Crippen molar-refractivity contribution in [3.63, 3.8) is 0 Å². The summed E-state index contributed by atoms with van der Waals surface area (Å²) in [5.74, 6) is -1.32. The van der Waals surface area contributed by atoms with Gasteiger partial charge in [0.1, 0.15) is 11.9 Å². The van der Waals surface area contributed by atoms with Crippen molar-refractivity contribution in [1.29, 1.82) is 0 Å². The van der Waals surface area contributed by atoms with Crippen molar-refractivity contribution in [2.24, 2.45) is 0 Å². The van der Waals surface area contributed by atoms with E-state index in [2.05, 4.69) is 46.4 Å². The molecule has 8 heteroatoms. The van der Waals surface area contributed by atoms with Crippen molar-refractivity contribution in [3.05, 3.63) is 70.5 Å². The van der Waals surface area contributed by atoms with E-state index in [-0.39, 0.29) is 36.5 Å². The summed E-state index contributed by atoms with van der Waals surface area (Å²) in [6, 6.07) is 13.0. The van der Waals surface area contributed by atoms with E-state index in [0.717, 1.165) is 51.1 Å². The van der Waals surface area contributed by atoms with Gasteiger partial charge < -0.3 is 14.7 Å². The Bertz CT molecular complexity index is 1150. The van der Waals surface area contributed by atoms with Crippen molar-refractivity contribution in [3.8, 4) is 0 Å². The van der Waals surface area contributed by atoms with Crippen LogP contribution in [0.1, 0.15) is 58.6 Å². The second kappa shape index (κ2) is 10.5. The van der Waals surface area contributed by atoms with Crippen LogP contribution in [0.4, 0.5) is 4.39 Å². The highest BCUT2D eigenvalue weighted by atomic mass is 19.1. The zero-order valence-corrected chi connectivity index (χ0v) is 20.7. The van der Waals surface area contributed by atoms with E-state index in [1.54, 1.807) is 0 Å². The molecule has 0 radical (unpaired) electrons. The largest absolute Gasteiger partial charge is 0.322 e. The Hall–Kier alpha value is -3.10. The number of imide groups is 1. The van der Waals surface area contributed by atoms with Gasteiger partial charge in [-0.15, -0.1) is 0 Å². The molecule has 3 aliphatic heterocycles. The van der Waals surface area contributed by atoms with E-state index in [4.69, 9.17) is 0 Å². The number of hydrogen-bond acceptors (Lipinski definition) is 5. The van der Waals surface area contributed by atoms with E-state index < -0.39 is 11.9 Å². The number of benzene rings is 2. The number of likely N-dealkylation sites (tertiary alicyclic amines) is 1. The van der Waals surface area contributed by atoms with Crippen LogP contribution in [0.25, 0.3) is 0 Å². The molecule has 7 nitrogen and oxygen atoms in total. The van der Waals surface area contributed by atoms with Crippen molar-refractivity contribution < 1.29 is 18.8 Å². The highest BCUT2D eigenvalue weighted by molar-refractivity contribution is 6.05. The number of amides is 3. The van der Waals surface area contributed by atoms with Crippen molar-refractivity contribution in [1.82, 2.24) is 20.0 Å². The van der Waals surface area contributed by atoms with Gasteiger partial charge in [0.05, 0.1) is 0 Å². The Morgan fingerprint density at radius 3 is 2.53 bits per heavy atom. The number of likely N-dealkylation sites (N-methyl/N-ethyl adjacent to an activating group) is 1. The molecule has 5 rings (SSSR count). The predicted molar refractivity (Wildman–Crippen MR) is 134 cm³/mol. The lowest BCUT2D eigenvalue weighted by Gasteiger charge is -2.33. The smallest absolute Gasteiger partial charge is 0.255 e. The van der Waals surface area contributed by atoms with E-state index >= 15 is 4.39 Å². The van der Waals surface area contributed by atoms with Crippen LogP contribution in [0.5, 0.6) is 0 Å². The van der Waals surface area contributed by atoms with Gasteiger partial charge in [0, 0.05) is 38.2 Å². The summed E-state index contributed by atoms with van der Waals surface area (Å²) in [7, 11) is 2.14. The number of carbonyl (C=O) groups excluding carboxylic acids is 3. The SMILES string of the molecule is CN(CCN1CCC(c2cc3c(cc2F)C(=O)N(C2CCC(=O)NC2=O)C3)CC1)Cc1ccccc1. The molecule has 36 heavy (non-hydrogen) atoms. The van der Waals surface area contributed by atoms with Gasteiger partial charge in [-0.2, -0.15) is 0 Å². The van der Waals surface area contributed by atoms with Crippen molar-refractivity contribution >= 4 is 17.7 Å². The van der Waals surface area contributed by atoms with Crippen molar-refractivity contribution in [2.45, 2.75) is 50.7 Å². The molecular formula is C28H33FN4O3. The zero-order chi connectivity index (χ0) is 25.2. The fourth-order valence-corrected chi connectivity index (χ4v) is 5.68. The number of rotatable bonds is 7. The van der Waals surface area contributed by atoms with Crippen LogP contribution in [0, 0.1) is 5.82 Å². The Morgan fingerprint density at radius 1 is 1.06 bits per heavy atom. The number of nitrogens with zero attached hydrogens (tertiary/aromatic N) is 3. The summed E-state index contributed by atoms with van der Waals surface area (Å²) in [4.78, 5) is 42.9. The first-order chi connectivity index (χ1) is 17.4. The first kappa shape index (κ1) is 24.6. The summed E-state index contributed by atoms with van der Waals surface area (Å²) in [6.45, 7) is 5.00. The molecule has 0 aromatic heterocycles. The summed E-state index contributed by atoms with van der Waals surface area (Å²) in [6.07, 6.45) is 2.27. The molecule has 3 amide bonds. The number of hydrogen-bond donors (Lipinski definition) is 1. The lowest BCUT2D eigenvalue weighted by Crippen LogP contribution is -2.52. The van der Waals surface area contributed by atoms with Crippen LogP contribution >= 0.6 is 0 Å². The molecule has 0 bridgehead atoms. The minimum Gasteiger partial charge on any atom is -0.322 e. The van der Waals surface area contributed by atoms with Gasteiger partial charge in [0.2, 0.25) is 11.8 Å². The van der Waals surface area contributed by atoms with Gasteiger partial charge >= 0.3 is 0 Å². The quantitative estimate of drug-likeness (QED) is 0.602. The van der Waals surface area contributed by atoms with Crippen LogP contribution < -0.4 is 5.32 Å². The molecule has 3 aliphatic rings. The minimum atomic E-state index is -0.683. The Balaban J connectivity index is 1.17. The number of piperidine rings is 2. The highest BCUT2D eigenvalue weighted by Crippen LogP contribution is 2.35. The third kappa shape index (κ3) is 5.20. The van der Waals surface area contributed by atoms with Gasteiger partial charge in [0.25, 0.3) is 5.91 Å². The number of fused-ring (bicyclic) bond motifs is 1. The molecule has 2 aromatic rings. The second-order valence-corrected chi connectivity index (χ2v) is 10.3. The van der Waals surface area contributed by atoms with E-state index in [9.17, 15) is 14.4 Å². The molecule has 2 fully saturated rings. The maximum absolute atomic E-state index is 15.1. The minimum absolute atomic E-state index is 0.119. The van der Waals surface area contributed by atoms with Gasteiger partial charge in [0.15, 0.2) is 0 Å². The predicted octanol–water partition coefficient (Wildman–Crippen LogP) is 2.90. The molecule has 190 valence electrons. The third-order valence-corrected chi connectivity index (χ3v) is 7.76. The standard InChI is InChI=1S/C28H33FN4O3/c1-31(17-19-5-3-2-4-6-19)13-14-32-11-9-20(10-12-32)22-15-21-18-33(28(36)23(21)16-24(22)29)25-7-8-26(34)30-27(25)35/h2-6,15-16,20,25H,7-14,17-18H2,1H3,(H,30,34,35). The maximum atomic E-state index is 15.1. The van der Waals surface area contributed by atoms with Gasteiger partial charge in [-0.1, -0.05) is 36.4 Å². The maximum Gasteiger partial charge on any atom is 0.255 e. The molecule has 0 saturated carbocycles. The number of halogens is 1. The Labute approximate surface area is 211 Å². The fraction of sp³-hybridized carbons (Fsp3) is 0.464. The molecular weight excluding hydrogens is 459 g/mol. The van der Waals surface area contributed by atoms with Crippen LogP contribution in [0.2, 0.25) is 0 Å². The zero-order valence-electron chi connectivity index (χ0n) is 20.7. The van der Waals surface area contributed by atoms with Crippen LogP contribution in [-0.4, -0.2) is 71.7 Å².